The van der Waals surface area contributed by atoms with Gasteiger partial charge in [-0.1, -0.05) is 12.1 Å². The molecular formula is C20H22N6O2. The van der Waals surface area contributed by atoms with Gasteiger partial charge in [0.25, 0.3) is 5.91 Å². The van der Waals surface area contributed by atoms with E-state index in [1.807, 2.05) is 29.2 Å². The van der Waals surface area contributed by atoms with Crippen molar-refractivity contribution in [2.45, 2.75) is 26.3 Å². The van der Waals surface area contributed by atoms with Crippen LogP contribution in [0.1, 0.15) is 34.5 Å². The molecule has 1 aliphatic heterocycles. The van der Waals surface area contributed by atoms with Crippen LogP contribution in [0.2, 0.25) is 0 Å². The fraction of sp³-hybridized carbons (Fsp3) is 0.300. The third-order valence-corrected chi connectivity index (χ3v) is 4.82. The Morgan fingerprint density at radius 3 is 2.82 bits per heavy atom. The van der Waals surface area contributed by atoms with E-state index in [1.54, 1.807) is 29.9 Å². The molecule has 0 saturated carbocycles. The van der Waals surface area contributed by atoms with E-state index in [4.69, 9.17) is 0 Å². The molecule has 2 N–H and O–H groups in total. The van der Waals surface area contributed by atoms with Crippen LogP contribution in [0.15, 0.2) is 42.7 Å². The minimum absolute atomic E-state index is 0.0771. The lowest BCUT2D eigenvalue weighted by Gasteiger charge is -2.16. The van der Waals surface area contributed by atoms with Gasteiger partial charge in [-0.3, -0.25) is 4.79 Å². The van der Waals surface area contributed by atoms with Crippen molar-refractivity contribution in [3.05, 3.63) is 59.5 Å². The third-order valence-electron chi connectivity index (χ3n) is 4.82. The summed E-state index contributed by atoms with van der Waals surface area (Å²) in [4.78, 5) is 31.0. The molecule has 1 aromatic carbocycles. The fourth-order valence-electron chi connectivity index (χ4n) is 3.41. The van der Waals surface area contributed by atoms with Crippen LogP contribution in [0.25, 0.3) is 5.65 Å². The SMILES string of the molecule is Cc1nn2cccnc2c1C(=O)NCc1cccc(NC(=O)N2CCCC2)c1. The monoisotopic (exact) mass is 378 g/mol. The molecule has 0 atom stereocenters. The average Bonchev–Trinajstić information content (AvgIpc) is 3.33. The number of carbonyl (C=O) groups is 2. The van der Waals surface area contributed by atoms with Crippen molar-refractivity contribution in [2.24, 2.45) is 0 Å². The van der Waals surface area contributed by atoms with Crippen LogP contribution >= 0.6 is 0 Å². The maximum atomic E-state index is 12.7. The number of anilines is 1. The normalized spacial score (nSPS) is 13.7. The number of aromatic nitrogens is 3. The van der Waals surface area contributed by atoms with Gasteiger partial charge in [-0.25, -0.2) is 14.3 Å². The van der Waals surface area contributed by atoms with E-state index in [9.17, 15) is 9.59 Å². The number of aryl methyl sites for hydroxylation is 1. The number of benzene rings is 1. The number of rotatable bonds is 4. The van der Waals surface area contributed by atoms with Crippen LogP contribution in [-0.2, 0) is 6.54 Å². The lowest BCUT2D eigenvalue weighted by Crippen LogP contribution is -2.32. The summed E-state index contributed by atoms with van der Waals surface area (Å²) in [5, 5.41) is 10.2. The van der Waals surface area contributed by atoms with Crippen LogP contribution in [0.3, 0.4) is 0 Å². The Morgan fingerprint density at radius 2 is 2.00 bits per heavy atom. The van der Waals surface area contributed by atoms with Crippen LogP contribution < -0.4 is 10.6 Å². The molecule has 0 aliphatic carbocycles. The molecule has 4 rings (SSSR count). The first-order chi connectivity index (χ1) is 13.6. The predicted molar refractivity (Wildman–Crippen MR) is 105 cm³/mol. The first-order valence-corrected chi connectivity index (χ1v) is 9.35. The van der Waals surface area contributed by atoms with Crippen molar-refractivity contribution in [2.75, 3.05) is 18.4 Å². The van der Waals surface area contributed by atoms with Crippen molar-refractivity contribution in [3.8, 4) is 0 Å². The van der Waals surface area contributed by atoms with Gasteiger partial charge in [0.15, 0.2) is 5.65 Å². The summed E-state index contributed by atoms with van der Waals surface area (Å²) in [6.45, 7) is 3.73. The van der Waals surface area contributed by atoms with Crippen molar-refractivity contribution in [1.29, 1.82) is 0 Å². The molecule has 1 fully saturated rings. The molecule has 8 nitrogen and oxygen atoms in total. The van der Waals surface area contributed by atoms with Crippen LogP contribution in [0, 0.1) is 6.92 Å². The minimum Gasteiger partial charge on any atom is -0.348 e. The molecule has 1 saturated heterocycles. The summed E-state index contributed by atoms with van der Waals surface area (Å²) in [6.07, 6.45) is 5.51. The first-order valence-electron chi connectivity index (χ1n) is 9.35. The largest absolute Gasteiger partial charge is 0.348 e. The highest BCUT2D eigenvalue weighted by Crippen LogP contribution is 2.15. The molecule has 1 aliphatic rings. The van der Waals surface area contributed by atoms with Gasteiger partial charge in [-0.05, 0) is 43.5 Å². The van der Waals surface area contributed by atoms with Gasteiger partial charge < -0.3 is 15.5 Å². The number of carbonyl (C=O) groups excluding carboxylic acids is 2. The maximum Gasteiger partial charge on any atom is 0.321 e. The van der Waals surface area contributed by atoms with E-state index >= 15 is 0 Å². The van der Waals surface area contributed by atoms with Gasteiger partial charge in [0.1, 0.15) is 5.56 Å². The summed E-state index contributed by atoms with van der Waals surface area (Å²) in [7, 11) is 0. The van der Waals surface area contributed by atoms with Crippen LogP contribution in [-0.4, -0.2) is 44.5 Å². The zero-order chi connectivity index (χ0) is 19.5. The second-order valence-corrected chi connectivity index (χ2v) is 6.86. The smallest absolute Gasteiger partial charge is 0.321 e. The molecule has 0 bridgehead atoms. The summed E-state index contributed by atoms with van der Waals surface area (Å²) >= 11 is 0. The number of urea groups is 1. The van der Waals surface area contributed by atoms with Crippen molar-refractivity contribution >= 4 is 23.3 Å². The van der Waals surface area contributed by atoms with Gasteiger partial charge in [-0.15, -0.1) is 0 Å². The summed E-state index contributed by atoms with van der Waals surface area (Å²) < 4.78 is 1.60. The molecule has 3 aromatic rings. The number of nitrogens with one attached hydrogen (secondary N) is 2. The van der Waals surface area contributed by atoms with Gasteiger partial charge in [0, 0.05) is 37.7 Å². The lowest BCUT2D eigenvalue weighted by atomic mass is 10.2. The Hall–Kier alpha value is -3.42. The first kappa shape index (κ1) is 18.0. The highest BCUT2D eigenvalue weighted by Gasteiger charge is 2.19. The third kappa shape index (κ3) is 3.66. The van der Waals surface area contributed by atoms with Crippen molar-refractivity contribution < 1.29 is 9.59 Å². The van der Waals surface area contributed by atoms with E-state index < -0.39 is 0 Å². The highest BCUT2D eigenvalue weighted by atomic mass is 16.2. The quantitative estimate of drug-likeness (QED) is 0.730. The number of nitrogens with zero attached hydrogens (tertiary/aromatic N) is 4. The zero-order valence-electron chi connectivity index (χ0n) is 15.7. The van der Waals surface area contributed by atoms with Crippen LogP contribution in [0.4, 0.5) is 10.5 Å². The molecule has 3 heterocycles. The Kier molecular flexibility index (Phi) is 4.92. The molecular weight excluding hydrogens is 356 g/mol. The Bertz CT molecular complexity index is 1020. The molecule has 2 aromatic heterocycles. The number of hydrogen-bond donors (Lipinski definition) is 2. The Morgan fingerprint density at radius 1 is 1.18 bits per heavy atom. The molecule has 144 valence electrons. The van der Waals surface area contributed by atoms with Gasteiger partial charge in [0.2, 0.25) is 0 Å². The molecule has 28 heavy (non-hydrogen) atoms. The zero-order valence-corrected chi connectivity index (χ0v) is 15.7. The van der Waals surface area contributed by atoms with Crippen molar-refractivity contribution in [3.63, 3.8) is 0 Å². The molecule has 8 heteroatoms. The molecule has 0 radical (unpaired) electrons. The topological polar surface area (TPSA) is 91.6 Å². The van der Waals surface area contributed by atoms with Gasteiger partial charge in [0.05, 0.1) is 5.69 Å². The second-order valence-electron chi connectivity index (χ2n) is 6.86. The average molecular weight is 378 g/mol. The molecule has 0 spiro atoms. The van der Waals surface area contributed by atoms with E-state index in [0.717, 1.165) is 37.2 Å². The standard InChI is InChI=1S/C20H22N6O2/c1-14-17(18-21-8-5-11-26(18)24-14)19(27)22-13-15-6-4-7-16(12-15)23-20(28)25-9-2-3-10-25/h4-8,11-12H,2-3,9-10,13H2,1H3,(H,22,27)(H,23,28). The second kappa shape index (κ2) is 7.67. The number of amides is 3. The summed E-state index contributed by atoms with van der Waals surface area (Å²) in [5.41, 5.74) is 3.25. The van der Waals surface area contributed by atoms with Crippen molar-refractivity contribution in [1.82, 2.24) is 24.8 Å². The maximum absolute atomic E-state index is 12.7. The van der Waals surface area contributed by atoms with Gasteiger partial charge in [-0.2, -0.15) is 5.10 Å². The highest BCUT2D eigenvalue weighted by molar-refractivity contribution is 6.01. The van der Waals surface area contributed by atoms with Gasteiger partial charge >= 0.3 is 6.03 Å². The lowest BCUT2D eigenvalue weighted by molar-refractivity contribution is 0.0951. The van der Waals surface area contributed by atoms with E-state index in [0.29, 0.717) is 23.4 Å². The van der Waals surface area contributed by atoms with Crippen LogP contribution in [0.5, 0.6) is 0 Å². The number of hydrogen-bond acceptors (Lipinski definition) is 4. The number of fused-ring (bicyclic) bond motifs is 1. The Labute approximate surface area is 162 Å². The molecule has 0 unspecified atom stereocenters. The molecule has 3 amide bonds. The van der Waals surface area contributed by atoms with E-state index in [2.05, 4.69) is 20.7 Å². The minimum atomic E-state index is -0.224. The predicted octanol–water partition coefficient (Wildman–Crippen LogP) is 2.60. The Balaban J connectivity index is 1.42. The summed E-state index contributed by atoms with van der Waals surface area (Å²) in [5.74, 6) is -0.224. The van der Waals surface area contributed by atoms with E-state index in [1.165, 1.54) is 0 Å². The fourth-order valence-corrected chi connectivity index (χ4v) is 3.41. The number of likely N-dealkylation sites (tertiary alicyclic amines) is 1. The van der Waals surface area contributed by atoms with E-state index in [-0.39, 0.29) is 11.9 Å². The summed E-state index contributed by atoms with van der Waals surface area (Å²) in [6, 6.07) is 9.18.